The quantitative estimate of drug-likeness (QED) is 0.725. The summed E-state index contributed by atoms with van der Waals surface area (Å²) in [6.07, 6.45) is 1.44. The second-order valence-electron chi connectivity index (χ2n) is 5.69. The van der Waals surface area contributed by atoms with Crippen LogP contribution >= 0.6 is 11.6 Å². The van der Waals surface area contributed by atoms with E-state index in [1.54, 1.807) is 18.2 Å². The molecule has 0 N–H and O–H groups in total. The van der Waals surface area contributed by atoms with Gasteiger partial charge in [0.05, 0.1) is 13.2 Å². The average Bonchev–Trinajstić information content (AvgIpc) is 3.24. The Morgan fingerprint density at radius 2 is 2.04 bits per heavy atom. The van der Waals surface area contributed by atoms with Crippen molar-refractivity contribution in [1.29, 1.82) is 0 Å². The van der Waals surface area contributed by atoms with Gasteiger partial charge in [0, 0.05) is 17.0 Å². The molecular formula is C18H15ClN2O3. The van der Waals surface area contributed by atoms with Crippen LogP contribution in [0.15, 0.2) is 46.9 Å². The smallest absolute Gasteiger partial charge is 0.277 e. The highest BCUT2D eigenvalue weighted by Gasteiger charge is 2.21. The van der Waals surface area contributed by atoms with Crippen LogP contribution in [0.4, 0.5) is 0 Å². The van der Waals surface area contributed by atoms with E-state index in [4.69, 9.17) is 20.9 Å². The molecule has 5 nitrogen and oxygen atoms in total. The number of benzene rings is 2. The van der Waals surface area contributed by atoms with Crippen molar-refractivity contribution in [2.45, 2.75) is 12.8 Å². The largest absolute Gasteiger partial charge is 0.440 e. The fourth-order valence-electron chi connectivity index (χ4n) is 2.71. The summed E-state index contributed by atoms with van der Waals surface area (Å²) in [5.74, 6) is 0.464. The molecule has 122 valence electrons. The van der Waals surface area contributed by atoms with Crippen molar-refractivity contribution in [2.24, 2.45) is 0 Å². The first kappa shape index (κ1) is 15.2. The summed E-state index contributed by atoms with van der Waals surface area (Å²) < 4.78 is 5.76. The molecular weight excluding hydrogens is 328 g/mol. The number of fused-ring (bicyclic) bond motifs is 1. The minimum absolute atomic E-state index is 0.142. The molecule has 0 saturated carbocycles. The lowest BCUT2D eigenvalue weighted by Crippen LogP contribution is -2.26. The van der Waals surface area contributed by atoms with Crippen LogP contribution in [0.2, 0.25) is 5.02 Å². The summed E-state index contributed by atoms with van der Waals surface area (Å²) in [7, 11) is 0. The lowest BCUT2D eigenvalue weighted by molar-refractivity contribution is -0.0768. The fraction of sp³-hybridized carbons (Fsp3) is 0.222. The molecule has 1 aliphatic rings. The predicted octanol–water partition coefficient (Wildman–Crippen LogP) is 3.85. The first-order chi connectivity index (χ1) is 11.7. The maximum absolute atomic E-state index is 12.4. The molecule has 2 aromatic carbocycles. The van der Waals surface area contributed by atoms with E-state index >= 15 is 0 Å². The van der Waals surface area contributed by atoms with Crippen molar-refractivity contribution in [2.75, 3.05) is 13.2 Å². The fourth-order valence-corrected chi connectivity index (χ4v) is 2.84. The molecule has 24 heavy (non-hydrogen) atoms. The van der Waals surface area contributed by atoms with E-state index in [0.29, 0.717) is 47.1 Å². The van der Waals surface area contributed by atoms with Crippen LogP contribution in [-0.4, -0.2) is 29.1 Å². The molecule has 0 aliphatic carbocycles. The standard InChI is InChI=1S/C18H15ClN2O3/c19-14-5-2-12(3-6-14)10-17-20-15-11-13(4-7-16(15)24-17)18(22)21-8-1-9-23-21/h2-7,11H,1,8-10H2. The second kappa shape index (κ2) is 6.26. The number of halogens is 1. The molecule has 1 saturated heterocycles. The molecule has 0 atom stereocenters. The molecule has 0 spiro atoms. The average molecular weight is 343 g/mol. The molecule has 0 bridgehead atoms. The van der Waals surface area contributed by atoms with Crippen LogP contribution in [0.5, 0.6) is 0 Å². The Morgan fingerprint density at radius 1 is 1.21 bits per heavy atom. The highest BCUT2D eigenvalue weighted by atomic mass is 35.5. The van der Waals surface area contributed by atoms with Crippen LogP contribution in [0.1, 0.15) is 28.2 Å². The topological polar surface area (TPSA) is 55.6 Å². The van der Waals surface area contributed by atoms with Gasteiger partial charge in [0.25, 0.3) is 5.91 Å². The van der Waals surface area contributed by atoms with Crippen LogP contribution in [0.3, 0.4) is 0 Å². The van der Waals surface area contributed by atoms with E-state index < -0.39 is 0 Å². The molecule has 3 aromatic rings. The van der Waals surface area contributed by atoms with Crippen molar-refractivity contribution < 1.29 is 14.0 Å². The zero-order valence-electron chi connectivity index (χ0n) is 12.9. The van der Waals surface area contributed by atoms with Gasteiger partial charge in [0.15, 0.2) is 11.5 Å². The first-order valence-corrected chi connectivity index (χ1v) is 8.15. The molecule has 0 radical (unpaired) electrons. The number of rotatable bonds is 3. The normalized spacial score (nSPS) is 14.5. The Balaban J connectivity index is 1.58. The third-order valence-electron chi connectivity index (χ3n) is 3.93. The summed E-state index contributed by atoms with van der Waals surface area (Å²) in [6.45, 7) is 1.21. The third kappa shape index (κ3) is 3.00. The van der Waals surface area contributed by atoms with Crippen LogP contribution in [0, 0.1) is 0 Å². The minimum atomic E-state index is -0.142. The Kier molecular flexibility index (Phi) is 3.96. The zero-order chi connectivity index (χ0) is 16.5. The summed E-state index contributed by atoms with van der Waals surface area (Å²) in [6, 6.07) is 12.8. The van der Waals surface area contributed by atoms with Gasteiger partial charge in [-0.3, -0.25) is 9.63 Å². The predicted molar refractivity (Wildman–Crippen MR) is 89.9 cm³/mol. The zero-order valence-corrected chi connectivity index (χ0v) is 13.6. The molecule has 1 aliphatic heterocycles. The molecule has 2 heterocycles. The lowest BCUT2D eigenvalue weighted by atomic mass is 10.1. The van der Waals surface area contributed by atoms with Gasteiger partial charge in [0.1, 0.15) is 5.52 Å². The highest BCUT2D eigenvalue weighted by Crippen LogP contribution is 2.21. The number of hydrogen-bond acceptors (Lipinski definition) is 4. The summed E-state index contributed by atoms with van der Waals surface area (Å²) >= 11 is 5.89. The number of carbonyl (C=O) groups excluding carboxylic acids is 1. The summed E-state index contributed by atoms with van der Waals surface area (Å²) in [5.41, 5.74) is 2.95. The van der Waals surface area contributed by atoms with E-state index in [2.05, 4.69) is 4.98 Å². The SMILES string of the molecule is O=C(c1ccc2oc(Cc3ccc(Cl)cc3)nc2c1)N1CCCO1. The molecule has 6 heteroatoms. The molecule has 0 unspecified atom stereocenters. The van der Waals surface area contributed by atoms with Gasteiger partial charge < -0.3 is 4.42 Å². The Morgan fingerprint density at radius 3 is 2.79 bits per heavy atom. The van der Waals surface area contributed by atoms with Gasteiger partial charge in [-0.25, -0.2) is 10.0 Å². The lowest BCUT2D eigenvalue weighted by Gasteiger charge is -2.13. The van der Waals surface area contributed by atoms with Gasteiger partial charge in [-0.1, -0.05) is 23.7 Å². The molecule has 1 amide bonds. The maximum Gasteiger partial charge on any atom is 0.277 e. The van der Waals surface area contributed by atoms with Gasteiger partial charge >= 0.3 is 0 Å². The van der Waals surface area contributed by atoms with Crippen molar-refractivity contribution in [3.63, 3.8) is 0 Å². The van der Waals surface area contributed by atoms with Crippen LogP contribution in [0.25, 0.3) is 11.1 Å². The van der Waals surface area contributed by atoms with Gasteiger partial charge in [-0.2, -0.15) is 0 Å². The van der Waals surface area contributed by atoms with Crippen LogP contribution in [-0.2, 0) is 11.3 Å². The highest BCUT2D eigenvalue weighted by molar-refractivity contribution is 6.30. The van der Waals surface area contributed by atoms with E-state index in [1.165, 1.54) is 5.06 Å². The van der Waals surface area contributed by atoms with E-state index in [9.17, 15) is 4.79 Å². The van der Waals surface area contributed by atoms with Gasteiger partial charge in [-0.15, -0.1) is 0 Å². The Hall–Kier alpha value is -2.37. The number of hydroxylamine groups is 2. The van der Waals surface area contributed by atoms with E-state index in [-0.39, 0.29) is 5.91 Å². The second-order valence-corrected chi connectivity index (χ2v) is 6.12. The Labute approximate surface area is 143 Å². The number of hydrogen-bond donors (Lipinski definition) is 0. The van der Waals surface area contributed by atoms with Crippen LogP contribution < -0.4 is 0 Å². The number of aromatic nitrogens is 1. The number of nitrogens with zero attached hydrogens (tertiary/aromatic N) is 2. The van der Waals surface area contributed by atoms with E-state index in [1.807, 2.05) is 24.3 Å². The summed E-state index contributed by atoms with van der Waals surface area (Å²) in [5, 5.41) is 2.10. The first-order valence-electron chi connectivity index (χ1n) is 7.78. The van der Waals surface area contributed by atoms with Crippen molar-refractivity contribution >= 4 is 28.6 Å². The number of oxazole rings is 1. The number of amides is 1. The number of carbonyl (C=O) groups is 1. The molecule has 1 fully saturated rings. The molecule has 1 aromatic heterocycles. The van der Waals surface area contributed by atoms with Crippen molar-refractivity contribution in [3.05, 3.63) is 64.5 Å². The molecule has 4 rings (SSSR count). The van der Waals surface area contributed by atoms with Crippen molar-refractivity contribution in [1.82, 2.24) is 10.0 Å². The monoisotopic (exact) mass is 342 g/mol. The minimum Gasteiger partial charge on any atom is -0.440 e. The van der Waals surface area contributed by atoms with E-state index in [0.717, 1.165) is 12.0 Å². The van der Waals surface area contributed by atoms with Gasteiger partial charge in [0.2, 0.25) is 0 Å². The van der Waals surface area contributed by atoms with Gasteiger partial charge in [-0.05, 0) is 42.3 Å². The van der Waals surface area contributed by atoms with Crippen molar-refractivity contribution in [3.8, 4) is 0 Å². The Bertz CT molecular complexity index is 883. The maximum atomic E-state index is 12.4. The summed E-state index contributed by atoms with van der Waals surface area (Å²) in [4.78, 5) is 22.1. The third-order valence-corrected chi connectivity index (χ3v) is 4.18.